The van der Waals surface area contributed by atoms with Crippen molar-refractivity contribution in [3.8, 4) is 10.6 Å². The Labute approximate surface area is 129 Å². The summed E-state index contributed by atoms with van der Waals surface area (Å²) in [4.78, 5) is 31.0. The third kappa shape index (κ3) is 2.66. The molecule has 1 amide bonds. The first kappa shape index (κ1) is 14.2. The van der Waals surface area contributed by atoms with Gasteiger partial charge in [0.15, 0.2) is 0 Å². The van der Waals surface area contributed by atoms with Crippen molar-refractivity contribution in [2.45, 2.75) is 0 Å². The zero-order valence-corrected chi connectivity index (χ0v) is 12.4. The Morgan fingerprint density at radius 3 is 2.95 bits per heavy atom. The number of carbonyl (C=O) groups excluding carboxylic acids is 2. The summed E-state index contributed by atoms with van der Waals surface area (Å²) < 4.78 is 5.69. The number of nitrogens with zero attached hydrogens (tertiary/aromatic N) is 2. The summed E-state index contributed by atoms with van der Waals surface area (Å²) in [7, 11) is 1.31. The van der Waals surface area contributed by atoms with Gasteiger partial charge in [-0.3, -0.25) is 9.78 Å². The molecule has 0 aliphatic rings. The number of benzene rings is 1. The molecule has 0 saturated carbocycles. The van der Waals surface area contributed by atoms with Crippen molar-refractivity contribution in [3.63, 3.8) is 0 Å². The molecule has 0 radical (unpaired) electrons. The van der Waals surface area contributed by atoms with Gasteiger partial charge in [-0.1, -0.05) is 0 Å². The second kappa shape index (κ2) is 5.90. The summed E-state index contributed by atoms with van der Waals surface area (Å²) in [5, 5.41) is 3.29. The Bertz CT molecular complexity index is 827. The smallest absolute Gasteiger partial charge is 0.337 e. The number of hydrogen-bond acceptors (Lipinski definition) is 6. The van der Waals surface area contributed by atoms with Crippen LogP contribution >= 0.6 is 11.3 Å². The molecule has 2 heterocycles. The standard InChI is InChI=1S/C15H11N3O3S/c1-21-15(20)10-4-9(5-11(6-10)17-8-19)14-18-12-2-3-16-7-13(12)22-14/h2-8H,1H3,(H,17,19). The van der Waals surface area contributed by atoms with Crippen LogP contribution in [0.2, 0.25) is 0 Å². The highest BCUT2D eigenvalue weighted by Crippen LogP contribution is 2.31. The molecule has 0 fully saturated rings. The monoisotopic (exact) mass is 313 g/mol. The second-order valence-corrected chi connectivity index (χ2v) is 5.45. The Morgan fingerprint density at radius 1 is 1.36 bits per heavy atom. The first-order valence-corrected chi connectivity index (χ1v) is 7.17. The van der Waals surface area contributed by atoms with Crippen molar-refractivity contribution >= 4 is 39.6 Å². The van der Waals surface area contributed by atoms with Crippen LogP contribution < -0.4 is 5.32 Å². The van der Waals surface area contributed by atoms with Gasteiger partial charge < -0.3 is 10.1 Å². The molecule has 22 heavy (non-hydrogen) atoms. The molecule has 3 rings (SSSR count). The maximum Gasteiger partial charge on any atom is 0.337 e. The largest absolute Gasteiger partial charge is 0.465 e. The highest BCUT2D eigenvalue weighted by molar-refractivity contribution is 7.21. The Hall–Kier alpha value is -2.80. The fourth-order valence-corrected chi connectivity index (χ4v) is 2.96. The third-order valence-electron chi connectivity index (χ3n) is 3.02. The maximum absolute atomic E-state index is 11.8. The first-order chi connectivity index (χ1) is 10.7. The van der Waals surface area contributed by atoms with E-state index >= 15 is 0 Å². The molecule has 0 saturated heterocycles. The van der Waals surface area contributed by atoms with Gasteiger partial charge in [0, 0.05) is 23.6 Å². The lowest BCUT2D eigenvalue weighted by atomic mass is 10.1. The number of amides is 1. The van der Waals surface area contributed by atoms with Gasteiger partial charge in [-0.2, -0.15) is 0 Å². The molecule has 6 nitrogen and oxygen atoms in total. The summed E-state index contributed by atoms with van der Waals surface area (Å²) in [5.41, 5.74) is 2.42. The maximum atomic E-state index is 11.8. The highest BCUT2D eigenvalue weighted by Gasteiger charge is 2.13. The number of rotatable bonds is 4. The molecule has 0 atom stereocenters. The van der Waals surface area contributed by atoms with Crippen LogP contribution in [0.25, 0.3) is 20.8 Å². The number of pyridine rings is 1. The van der Waals surface area contributed by atoms with E-state index in [-0.39, 0.29) is 0 Å². The minimum absolute atomic E-state index is 0.349. The van der Waals surface area contributed by atoms with E-state index in [0.29, 0.717) is 17.7 Å². The van der Waals surface area contributed by atoms with Crippen molar-refractivity contribution in [1.29, 1.82) is 0 Å². The van der Waals surface area contributed by atoms with E-state index in [9.17, 15) is 9.59 Å². The van der Waals surface area contributed by atoms with Crippen LogP contribution in [-0.4, -0.2) is 29.5 Å². The minimum atomic E-state index is -0.474. The van der Waals surface area contributed by atoms with Crippen LogP contribution in [0.4, 0.5) is 5.69 Å². The van der Waals surface area contributed by atoms with E-state index < -0.39 is 5.97 Å². The normalized spacial score (nSPS) is 10.4. The van der Waals surface area contributed by atoms with Gasteiger partial charge >= 0.3 is 5.97 Å². The number of aromatic nitrogens is 2. The van der Waals surface area contributed by atoms with Gasteiger partial charge in [0.2, 0.25) is 6.41 Å². The molecule has 1 N–H and O–H groups in total. The molecule has 3 aromatic rings. The van der Waals surface area contributed by atoms with Gasteiger partial charge in [0.25, 0.3) is 0 Å². The summed E-state index contributed by atoms with van der Waals surface area (Å²) >= 11 is 1.46. The molecule has 0 unspecified atom stereocenters. The molecule has 2 aromatic heterocycles. The van der Waals surface area contributed by atoms with E-state index in [1.165, 1.54) is 18.4 Å². The highest BCUT2D eigenvalue weighted by atomic mass is 32.1. The molecule has 0 spiro atoms. The van der Waals surface area contributed by atoms with Gasteiger partial charge in [-0.15, -0.1) is 11.3 Å². The topological polar surface area (TPSA) is 81.2 Å². The lowest BCUT2D eigenvalue weighted by molar-refractivity contribution is -0.105. The van der Waals surface area contributed by atoms with Gasteiger partial charge in [0.05, 0.1) is 22.9 Å². The molecule has 0 bridgehead atoms. The minimum Gasteiger partial charge on any atom is -0.465 e. The number of fused-ring (bicyclic) bond motifs is 1. The predicted octanol–water partition coefficient (Wildman–Crippen LogP) is 2.71. The van der Waals surface area contributed by atoms with E-state index in [0.717, 1.165) is 20.8 Å². The van der Waals surface area contributed by atoms with Crippen LogP contribution in [0.15, 0.2) is 36.7 Å². The van der Waals surface area contributed by atoms with E-state index in [4.69, 9.17) is 4.74 Å². The van der Waals surface area contributed by atoms with Crippen molar-refractivity contribution in [2.75, 3.05) is 12.4 Å². The predicted molar refractivity (Wildman–Crippen MR) is 83.9 cm³/mol. The van der Waals surface area contributed by atoms with Crippen LogP contribution in [0, 0.1) is 0 Å². The van der Waals surface area contributed by atoms with Crippen LogP contribution in [0.5, 0.6) is 0 Å². The summed E-state index contributed by atoms with van der Waals surface area (Å²) in [6.45, 7) is 0. The fraction of sp³-hybridized carbons (Fsp3) is 0.0667. The van der Waals surface area contributed by atoms with Gasteiger partial charge in [0.1, 0.15) is 5.01 Å². The Kier molecular flexibility index (Phi) is 3.80. The molecular formula is C15H11N3O3S. The first-order valence-electron chi connectivity index (χ1n) is 6.36. The van der Waals surface area contributed by atoms with Crippen molar-refractivity contribution in [2.24, 2.45) is 0 Å². The number of anilines is 1. The van der Waals surface area contributed by atoms with Crippen LogP contribution in [0.3, 0.4) is 0 Å². The number of thiazole rings is 1. The van der Waals surface area contributed by atoms with Gasteiger partial charge in [-0.25, -0.2) is 9.78 Å². The number of ether oxygens (including phenoxy) is 1. The van der Waals surface area contributed by atoms with Crippen molar-refractivity contribution in [3.05, 3.63) is 42.2 Å². The fourth-order valence-electron chi connectivity index (χ4n) is 2.04. The SMILES string of the molecule is COC(=O)c1cc(NC=O)cc(-c2nc3ccncc3s2)c1. The van der Waals surface area contributed by atoms with Gasteiger partial charge in [-0.05, 0) is 24.3 Å². The van der Waals surface area contributed by atoms with Crippen LogP contribution in [-0.2, 0) is 9.53 Å². The zero-order valence-electron chi connectivity index (χ0n) is 11.6. The molecule has 0 aliphatic carbocycles. The average molecular weight is 313 g/mol. The number of esters is 1. The van der Waals surface area contributed by atoms with E-state index in [1.54, 1.807) is 30.6 Å². The summed E-state index contributed by atoms with van der Waals surface area (Å²) in [6.07, 6.45) is 3.98. The van der Waals surface area contributed by atoms with Crippen molar-refractivity contribution < 1.29 is 14.3 Å². The van der Waals surface area contributed by atoms with Crippen molar-refractivity contribution in [1.82, 2.24) is 9.97 Å². The van der Waals surface area contributed by atoms with Crippen LogP contribution in [0.1, 0.15) is 10.4 Å². The number of hydrogen-bond donors (Lipinski definition) is 1. The molecule has 0 aliphatic heterocycles. The Morgan fingerprint density at radius 2 is 2.23 bits per heavy atom. The molecule has 1 aromatic carbocycles. The average Bonchev–Trinajstić information content (AvgIpc) is 2.98. The van der Waals surface area contributed by atoms with E-state index in [2.05, 4.69) is 15.3 Å². The summed E-state index contributed by atoms with van der Waals surface area (Å²) in [6, 6.07) is 6.82. The lowest BCUT2D eigenvalue weighted by Crippen LogP contribution is -2.03. The third-order valence-corrected chi connectivity index (χ3v) is 4.07. The Balaban J connectivity index is 2.13. The molecule has 110 valence electrons. The van der Waals surface area contributed by atoms with E-state index in [1.807, 2.05) is 6.07 Å². The second-order valence-electron chi connectivity index (χ2n) is 4.42. The molecular weight excluding hydrogens is 302 g/mol. The molecule has 7 heteroatoms. The number of methoxy groups -OCH3 is 1. The quantitative estimate of drug-likeness (QED) is 0.591. The lowest BCUT2D eigenvalue weighted by Gasteiger charge is -2.06. The number of carbonyl (C=O) groups is 2. The summed E-state index contributed by atoms with van der Waals surface area (Å²) in [5.74, 6) is -0.474. The zero-order chi connectivity index (χ0) is 15.5. The number of nitrogens with one attached hydrogen (secondary N) is 1.